The quantitative estimate of drug-likeness (QED) is 0.498. The molecule has 1 aromatic heterocycles. The van der Waals surface area contributed by atoms with Crippen LogP contribution in [0.3, 0.4) is 0 Å². The highest BCUT2D eigenvalue weighted by atomic mass is 19.3. The summed E-state index contributed by atoms with van der Waals surface area (Å²) in [6.45, 7) is 2.61. The molecule has 1 aromatic carbocycles. The number of ether oxygens (including phenoxy) is 2. The lowest BCUT2D eigenvalue weighted by Crippen LogP contribution is -2.45. The van der Waals surface area contributed by atoms with Gasteiger partial charge in [-0.05, 0) is 68.9 Å². The lowest BCUT2D eigenvalue weighted by atomic mass is 9.95. The van der Waals surface area contributed by atoms with Crippen molar-refractivity contribution in [2.45, 2.75) is 70.8 Å². The van der Waals surface area contributed by atoms with Crippen molar-refractivity contribution in [3.63, 3.8) is 0 Å². The van der Waals surface area contributed by atoms with Gasteiger partial charge in [0.05, 0.1) is 24.5 Å². The number of aliphatic hydroxyl groups is 1. The average Bonchev–Trinajstić information content (AvgIpc) is 3.56. The molecule has 2 aromatic rings. The third-order valence-electron chi connectivity index (χ3n) is 6.71. The van der Waals surface area contributed by atoms with Crippen molar-refractivity contribution in [2.24, 2.45) is 5.92 Å². The van der Waals surface area contributed by atoms with Gasteiger partial charge >= 0.3 is 6.61 Å². The van der Waals surface area contributed by atoms with E-state index in [0.717, 1.165) is 18.4 Å². The third-order valence-corrected chi connectivity index (χ3v) is 6.71. The molecule has 37 heavy (non-hydrogen) atoms. The largest absolute Gasteiger partial charge is 0.489 e. The van der Waals surface area contributed by atoms with Gasteiger partial charge < -0.3 is 24.8 Å². The number of carbonyl (C=O) groups is 2. The van der Waals surface area contributed by atoms with Gasteiger partial charge in [0.25, 0.3) is 0 Å². The standard InChI is InChI=1S/C27H33F2N3O5/c1-16(33)32-14-19(18-9-10-22(37-26(28)29)23(12-18)36-15-17-7-8-17)11-21(32)25(34)30-13-20-5-4-6-24(31-20)27(2,3)35/h4-6,9-10,12,17,19,21,26,35H,7-8,11,13-15H2,1-3H3,(H,30,34)/t19?,21-/m1/s1. The fraction of sp³-hybridized carbons (Fsp3) is 0.519. The predicted molar refractivity (Wildman–Crippen MR) is 131 cm³/mol. The fourth-order valence-electron chi connectivity index (χ4n) is 4.47. The van der Waals surface area contributed by atoms with Crippen LogP contribution in [0.2, 0.25) is 0 Å². The first-order valence-electron chi connectivity index (χ1n) is 12.5. The summed E-state index contributed by atoms with van der Waals surface area (Å²) in [6, 6.07) is 9.35. The average molecular weight is 518 g/mol. The minimum Gasteiger partial charge on any atom is -0.489 e. The van der Waals surface area contributed by atoms with Gasteiger partial charge in [-0.25, -0.2) is 0 Å². The van der Waals surface area contributed by atoms with Crippen molar-refractivity contribution in [1.82, 2.24) is 15.2 Å². The van der Waals surface area contributed by atoms with E-state index < -0.39 is 18.3 Å². The number of halogens is 2. The number of nitrogens with zero attached hydrogens (tertiary/aromatic N) is 2. The van der Waals surface area contributed by atoms with Crippen LogP contribution in [0, 0.1) is 5.92 Å². The van der Waals surface area contributed by atoms with Gasteiger partial charge in [0, 0.05) is 19.4 Å². The number of benzene rings is 1. The van der Waals surface area contributed by atoms with Crippen LogP contribution in [0.15, 0.2) is 36.4 Å². The van der Waals surface area contributed by atoms with Crippen molar-refractivity contribution >= 4 is 11.8 Å². The maximum atomic E-state index is 13.1. The van der Waals surface area contributed by atoms with E-state index in [1.165, 1.54) is 17.9 Å². The Balaban J connectivity index is 1.46. The SMILES string of the molecule is CC(=O)N1CC(c2ccc(OC(F)F)c(OCC3CC3)c2)C[C@@H]1C(=O)NCc1cccc(C(C)(C)O)n1. The van der Waals surface area contributed by atoms with E-state index in [1.807, 2.05) is 0 Å². The molecule has 2 aliphatic rings. The van der Waals surface area contributed by atoms with E-state index in [1.54, 1.807) is 44.2 Å². The number of carbonyl (C=O) groups excluding carboxylic acids is 2. The Labute approximate surface area is 215 Å². The van der Waals surface area contributed by atoms with Crippen LogP contribution in [0.5, 0.6) is 11.5 Å². The Morgan fingerprint density at radius 2 is 1.97 bits per heavy atom. The molecule has 2 amide bonds. The highest BCUT2D eigenvalue weighted by Gasteiger charge is 2.39. The first-order valence-corrected chi connectivity index (χ1v) is 12.5. The minimum atomic E-state index is -2.97. The number of hydrogen-bond donors (Lipinski definition) is 2. The third kappa shape index (κ3) is 6.94. The second kappa shape index (κ2) is 11.0. The molecule has 1 saturated heterocycles. The van der Waals surface area contributed by atoms with Crippen LogP contribution in [-0.2, 0) is 21.7 Å². The summed E-state index contributed by atoms with van der Waals surface area (Å²) in [4.78, 5) is 31.4. The lowest BCUT2D eigenvalue weighted by Gasteiger charge is -2.22. The molecule has 0 radical (unpaired) electrons. The number of aromatic nitrogens is 1. The van der Waals surface area contributed by atoms with Crippen molar-refractivity contribution in [3.8, 4) is 11.5 Å². The molecule has 8 nitrogen and oxygen atoms in total. The molecule has 1 aliphatic heterocycles. The fourth-order valence-corrected chi connectivity index (χ4v) is 4.47. The molecule has 0 bridgehead atoms. The van der Waals surface area contributed by atoms with Crippen molar-refractivity contribution in [1.29, 1.82) is 0 Å². The number of pyridine rings is 1. The maximum Gasteiger partial charge on any atom is 0.387 e. The summed E-state index contributed by atoms with van der Waals surface area (Å²) >= 11 is 0. The molecule has 1 unspecified atom stereocenters. The summed E-state index contributed by atoms with van der Waals surface area (Å²) in [5.74, 6) is -0.0843. The molecule has 2 atom stereocenters. The normalized spacial score (nSPS) is 19.7. The molecule has 10 heteroatoms. The zero-order valence-electron chi connectivity index (χ0n) is 21.2. The maximum absolute atomic E-state index is 13.1. The number of alkyl halides is 2. The molecule has 200 valence electrons. The molecule has 1 aliphatic carbocycles. The zero-order chi connectivity index (χ0) is 26.7. The van der Waals surface area contributed by atoms with Gasteiger partial charge in [0.2, 0.25) is 11.8 Å². The Hall–Kier alpha value is -3.27. The summed E-state index contributed by atoms with van der Waals surface area (Å²) < 4.78 is 36.2. The monoisotopic (exact) mass is 517 g/mol. The van der Waals surface area contributed by atoms with E-state index in [4.69, 9.17) is 4.74 Å². The summed E-state index contributed by atoms with van der Waals surface area (Å²) in [5, 5.41) is 13.0. The van der Waals surface area contributed by atoms with Gasteiger partial charge in [-0.1, -0.05) is 12.1 Å². The number of rotatable bonds is 10. The molecule has 0 spiro atoms. The Bertz CT molecular complexity index is 1130. The van der Waals surface area contributed by atoms with Gasteiger partial charge in [-0.15, -0.1) is 0 Å². The molecule has 4 rings (SSSR count). The number of amides is 2. The molecule has 2 fully saturated rings. The Morgan fingerprint density at radius 3 is 2.62 bits per heavy atom. The molecule has 1 saturated carbocycles. The van der Waals surface area contributed by atoms with E-state index in [0.29, 0.717) is 36.9 Å². The second-order valence-electron chi connectivity index (χ2n) is 10.2. The Morgan fingerprint density at radius 1 is 1.22 bits per heavy atom. The van der Waals surface area contributed by atoms with Crippen LogP contribution < -0.4 is 14.8 Å². The molecular formula is C27H33F2N3O5. The van der Waals surface area contributed by atoms with Gasteiger partial charge in [0.1, 0.15) is 11.6 Å². The van der Waals surface area contributed by atoms with E-state index >= 15 is 0 Å². The number of hydrogen-bond acceptors (Lipinski definition) is 6. The summed E-state index contributed by atoms with van der Waals surface area (Å²) in [7, 11) is 0. The topological polar surface area (TPSA) is 101 Å². The van der Waals surface area contributed by atoms with Crippen molar-refractivity contribution in [2.75, 3.05) is 13.2 Å². The molecule has 2 N–H and O–H groups in total. The van der Waals surface area contributed by atoms with E-state index in [2.05, 4.69) is 15.0 Å². The molecular weight excluding hydrogens is 484 g/mol. The van der Waals surface area contributed by atoms with E-state index in [-0.39, 0.29) is 35.8 Å². The number of likely N-dealkylation sites (tertiary alicyclic amines) is 1. The highest BCUT2D eigenvalue weighted by Crippen LogP contribution is 2.39. The summed E-state index contributed by atoms with van der Waals surface area (Å²) in [6.07, 6.45) is 2.48. The Kier molecular flexibility index (Phi) is 7.96. The van der Waals surface area contributed by atoms with E-state index in [9.17, 15) is 23.5 Å². The van der Waals surface area contributed by atoms with Crippen LogP contribution >= 0.6 is 0 Å². The van der Waals surface area contributed by atoms with Crippen molar-refractivity contribution in [3.05, 3.63) is 53.3 Å². The van der Waals surface area contributed by atoms with Gasteiger partial charge in [-0.2, -0.15) is 8.78 Å². The summed E-state index contributed by atoms with van der Waals surface area (Å²) in [5.41, 5.74) is 0.753. The van der Waals surface area contributed by atoms with Crippen LogP contribution in [0.4, 0.5) is 8.78 Å². The second-order valence-corrected chi connectivity index (χ2v) is 10.2. The van der Waals surface area contributed by atoms with Crippen LogP contribution in [0.25, 0.3) is 0 Å². The van der Waals surface area contributed by atoms with Crippen LogP contribution in [0.1, 0.15) is 62.9 Å². The minimum absolute atomic E-state index is 0.0316. The highest BCUT2D eigenvalue weighted by molar-refractivity contribution is 5.87. The first kappa shape index (κ1) is 26.8. The smallest absolute Gasteiger partial charge is 0.387 e. The number of nitrogens with one attached hydrogen (secondary N) is 1. The zero-order valence-corrected chi connectivity index (χ0v) is 21.2. The first-order chi connectivity index (χ1) is 17.5. The van der Waals surface area contributed by atoms with Gasteiger partial charge in [0.15, 0.2) is 11.5 Å². The molecule has 2 heterocycles. The predicted octanol–water partition coefficient (Wildman–Crippen LogP) is 3.72. The van der Waals surface area contributed by atoms with Gasteiger partial charge in [-0.3, -0.25) is 14.6 Å². The van der Waals surface area contributed by atoms with Crippen molar-refractivity contribution < 1.29 is 33.0 Å². The van der Waals surface area contributed by atoms with Crippen LogP contribution in [-0.4, -0.2) is 52.6 Å². The lowest BCUT2D eigenvalue weighted by molar-refractivity contribution is -0.136.